The number of aromatic nitrogens is 1. The first-order valence-electron chi connectivity index (χ1n) is 7.51. The van der Waals surface area contributed by atoms with Crippen molar-refractivity contribution >= 4 is 29.1 Å². The molecule has 1 heterocycles. The van der Waals surface area contributed by atoms with Crippen molar-refractivity contribution in [3.8, 4) is 0 Å². The fourth-order valence-corrected chi connectivity index (χ4v) is 2.52. The van der Waals surface area contributed by atoms with Crippen molar-refractivity contribution < 1.29 is 14.0 Å². The highest BCUT2D eigenvalue weighted by Gasteiger charge is 2.35. The Morgan fingerprint density at radius 3 is 2.75 bits per heavy atom. The van der Waals surface area contributed by atoms with Crippen LogP contribution in [0.3, 0.4) is 0 Å². The number of rotatable bonds is 4. The van der Waals surface area contributed by atoms with E-state index in [1.807, 2.05) is 6.07 Å². The molecule has 1 N–H and O–H groups in total. The van der Waals surface area contributed by atoms with Gasteiger partial charge in [-0.25, -0.2) is 4.39 Å². The van der Waals surface area contributed by atoms with Gasteiger partial charge in [0.1, 0.15) is 0 Å². The number of nitrogens with one attached hydrogen (secondary N) is 1. The molecule has 1 aliphatic carbocycles. The molecule has 24 heavy (non-hydrogen) atoms. The maximum atomic E-state index is 13.9. The average Bonchev–Trinajstić information content (AvgIpc) is 3.42. The van der Waals surface area contributed by atoms with E-state index in [2.05, 4.69) is 10.3 Å². The molecule has 7 heteroatoms. The summed E-state index contributed by atoms with van der Waals surface area (Å²) in [4.78, 5) is 30.2. The van der Waals surface area contributed by atoms with Crippen LogP contribution in [0.5, 0.6) is 0 Å². The van der Waals surface area contributed by atoms with Crippen molar-refractivity contribution in [2.24, 2.45) is 0 Å². The summed E-state index contributed by atoms with van der Waals surface area (Å²) < 4.78 is 13.9. The first kappa shape index (κ1) is 16.4. The Balaban J connectivity index is 1.73. The first-order valence-corrected chi connectivity index (χ1v) is 7.89. The van der Waals surface area contributed by atoms with Crippen LogP contribution in [-0.4, -0.2) is 27.7 Å². The summed E-state index contributed by atoms with van der Waals surface area (Å²) in [5, 5.41) is 2.18. The summed E-state index contributed by atoms with van der Waals surface area (Å²) >= 11 is 5.68. The molecular weight excluding hydrogens is 333 g/mol. The van der Waals surface area contributed by atoms with Gasteiger partial charge in [-0.1, -0.05) is 23.7 Å². The van der Waals surface area contributed by atoms with Crippen molar-refractivity contribution in [3.05, 3.63) is 59.1 Å². The zero-order valence-electron chi connectivity index (χ0n) is 12.7. The van der Waals surface area contributed by atoms with E-state index in [0.29, 0.717) is 6.54 Å². The molecule has 0 radical (unpaired) electrons. The van der Waals surface area contributed by atoms with E-state index in [-0.39, 0.29) is 16.8 Å². The van der Waals surface area contributed by atoms with Crippen LogP contribution in [0.2, 0.25) is 5.02 Å². The van der Waals surface area contributed by atoms with Crippen LogP contribution >= 0.6 is 11.6 Å². The third-order valence-corrected chi connectivity index (χ3v) is 4.01. The molecule has 2 aromatic rings. The molecule has 124 valence electrons. The standard InChI is InChI=1S/C17H15ClFN3O2/c18-13-4-1-5-14(15(13)19)21-16(23)17(24)22(12-6-7-12)10-11-3-2-8-20-9-11/h1-5,8-9,12H,6-7,10H2,(H,21,23). The largest absolute Gasteiger partial charge is 0.327 e. The number of nitrogens with zero attached hydrogens (tertiary/aromatic N) is 2. The predicted molar refractivity (Wildman–Crippen MR) is 87.8 cm³/mol. The molecule has 1 aromatic carbocycles. The van der Waals surface area contributed by atoms with E-state index >= 15 is 0 Å². The molecule has 0 aliphatic heterocycles. The summed E-state index contributed by atoms with van der Waals surface area (Å²) in [6, 6.07) is 7.87. The highest BCUT2D eigenvalue weighted by molar-refractivity contribution is 6.39. The van der Waals surface area contributed by atoms with Crippen molar-refractivity contribution in [1.82, 2.24) is 9.88 Å². The average molecular weight is 348 g/mol. The van der Waals surface area contributed by atoms with Gasteiger partial charge in [0.05, 0.1) is 10.7 Å². The molecule has 1 saturated carbocycles. The van der Waals surface area contributed by atoms with E-state index in [0.717, 1.165) is 18.4 Å². The van der Waals surface area contributed by atoms with Gasteiger partial charge in [-0.05, 0) is 36.6 Å². The van der Waals surface area contributed by atoms with Crippen LogP contribution in [0.1, 0.15) is 18.4 Å². The van der Waals surface area contributed by atoms with Gasteiger partial charge in [-0.15, -0.1) is 0 Å². The fourth-order valence-electron chi connectivity index (χ4n) is 2.35. The topological polar surface area (TPSA) is 62.3 Å². The van der Waals surface area contributed by atoms with E-state index in [9.17, 15) is 14.0 Å². The molecule has 5 nitrogen and oxygen atoms in total. The lowest BCUT2D eigenvalue weighted by Gasteiger charge is -2.21. The van der Waals surface area contributed by atoms with Gasteiger partial charge in [-0.3, -0.25) is 14.6 Å². The minimum Gasteiger partial charge on any atom is -0.327 e. The molecule has 0 spiro atoms. The SMILES string of the molecule is O=C(Nc1cccc(Cl)c1F)C(=O)N(Cc1cccnc1)C1CC1. The zero-order valence-corrected chi connectivity index (χ0v) is 13.5. The highest BCUT2D eigenvalue weighted by Crippen LogP contribution is 2.29. The third kappa shape index (κ3) is 3.71. The number of hydrogen-bond donors (Lipinski definition) is 1. The van der Waals surface area contributed by atoms with Gasteiger partial charge in [0, 0.05) is 25.0 Å². The lowest BCUT2D eigenvalue weighted by Crippen LogP contribution is -2.40. The van der Waals surface area contributed by atoms with E-state index in [1.165, 1.54) is 23.1 Å². The Labute approximate surface area is 143 Å². The van der Waals surface area contributed by atoms with Crippen molar-refractivity contribution in [1.29, 1.82) is 0 Å². The molecule has 0 bridgehead atoms. The van der Waals surface area contributed by atoms with E-state index in [1.54, 1.807) is 18.5 Å². The van der Waals surface area contributed by atoms with Gasteiger partial charge in [0.2, 0.25) is 0 Å². The molecule has 1 fully saturated rings. The number of carbonyl (C=O) groups excluding carboxylic acids is 2. The summed E-state index contributed by atoms with van der Waals surface area (Å²) in [6.07, 6.45) is 4.99. The van der Waals surface area contributed by atoms with E-state index < -0.39 is 17.6 Å². The third-order valence-electron chi connectivity index (χ3n) is 3.72. The van der Waals surface area contributed by atoms with Gasteiger partial charge in [-0.2, -0.15) is 0 Å². The van der Waals surface area contributed by atoms with Crippen molar-refractivity contribution in [2.45, 2.75) is 25.4 Å². The number of amides is 2. The van der Waals surface area contributed by atoms with Crippen LogP contribution in [-0.2, 0) is 16.1 Å². The maximum Gasteiger partial charge on any atom is 0.314 e. The highest BCUT2D eigenvalue weighted by atomic mass is 35.5. The van der Waals surface area contributed by atoms with Gasteiger partial charge in [0.15, 0.2) is 5.82 Å². The molecule has 3 rings (SSSR count). The van der Waals surface area contributed by atoms with Crippen molar-refractivity contribution in [2.75, 3.05) is 5.32 Å². The van der Waals surface area contributed by atoms with Crippen LogP contribution in [0, 0.1) is 5.82 Å². The molecule has 1 aliphatic rings. The number of benzene rings is 1. The number of hydrogen-bond acceptors (Lipinski definition) is 3. The van der Waals surface area contributed by atoms with Gasteiger partial charge < -0.3 is 10.2 Å². The second-order valence-electron chi connectivity index (χ2n) is 5.58. The Hall–Kier alpha value is -2.47. The Morgan fingerprint density at radius 1 is 1.29 bits per heavy atom. The molecule has 1 aromatic heterocycles. The number of carbonyl (C=O) groups is 2. The summed E-state index contributed by atoms with van der Waals surface area (Å²) in [7, 11) is 0. The minimum atomic E-state index is -0.882. The summed E-state index contributed by atoms with van der Waals surface area (Å²) in [6.45, 7) is 0.294. The maximum absolute atomic E-state index is 13.9. The van der Waals surface area contributed by atoms with Crippen molar-refractivity contribution in [3.63, 3.8) is 0 Å². The Bertz CT molecular complexity index is 766. The smallest absolute Gasteiger partial charge is 0.314 e. The molecule has 0 atom stereocenters. The summed E-state index contributed by atoms with van der Waals surface area (Å²) in [5.41, 5.74) is 0.720. The van der Waals surface area contributed by atoms with Crippen LogP contribution in [0.25, 0.3) is 0 Å². The lowest BCUT2D eigenvalue weighted by atomic mass is 10.2. The fraction of sp³-hybridized carbons (Fsp3) is 0.235. The monoisotopic (exact) mass is 347 g/mol. The Kier molecular flexibility index (Phi) is 4.76. The van der Waals surface area contributed by atoms with Gasteiger partial charge >= 0.3 is 11.8 Å². The predicted octanol–water partition coefficient (Wildman–Crippen LogP) is 3.00. The lowest BCUT2D eigenvalue weighted by molar-refractivity contribution is -0.144. The molecule has 0 unspecified atom stereocenters. The number of pyridine rings is 1. The normalized spacial score (nSPS) is 13.4. The molecule has 2 amide bonds. The minimum absolute atomic E-state index is 0.0349. The second kappa shape index (κ2) is 6.97. The van der Waals surface area contributed by atoms with Crippen LogP contribution < -0.4 is 5.32 Å². The zero-order chi connectivity index (χ0) is 17.1. The van der Waals surface area contributed by atoms with E-state index in [4.69, 9.17) is 11.6 Å². The van der Waals surface area contributed by atoms with Gasteiger partial charge in [0.25, 0.3) is 0 Å². The number of halogens is 2. The van der Waals surface area contributed by atoms with Crippen LogP contribution in [0.4, 0.5) is 10.1 Å². The molecule has 0 saturated heterocycles. The Morgan fingerprint density at radius 2 is 2.08 bits per heavy atom. The second-order valence-corrected chi connectivity index (χ2v) is 5.99. The summed E-state index contributed by atoms with van der Waals surface area (Å²) in [5.74, 6) is -2.33. The first-order chi connectivity index (χ1) is 11.6. The van der Waals surface area contributed by atoms with Crippen LogP contribution in [0.15, 0.2) is 42.7 Å². The number of anilines is 1. The molecular formula is C17H15ClFN3O2. The quantitative estimate of drug-likeness (QED) is 0.865.